The lowest BCUT2D eigenvalue weighted by atomic mass is 9.94. The number of benzene rings is 2. The number of halogens is 1. The van der Waals surface area contributed by atoms with Gasteiger partial charge < -0.3 is 19.5 Å². The molecule has 2 aromatic carbocycles. The van der Waals surface area contributed by atoms with E-state index < -0.39 is 17.7 Å². The highest BCUT2D eigenvalue weighted by atomic mass is 35.5. The molecule has 3 atom stereocenters. The zero-order chi connectivity index (χ0) is 22.4. The SMILES string of the molecule is CC1Cc2cc(/C(O)=C3\C(=O)C(=O)N(CC4CCCO4)C3c3ccc(Cl)cc3)ccc2O1. The van der Waals surface area contributed by atoms with Gasteiger partial charge in [0.05, 0.1) is 17.7 Å². The summed E-state index contributed by atoms with van der Waals surface area (Å²) in [7, 11) is 0. The lowest BCUT2D eigenvalue weighted by molar-refractivity contribution is -0.140. The van der Waals surface area contributed by atoms with Crippen LogP contribution in [0.4, 0.5) is 0 Å². The molecule has 7 heteroatoms. The summed E-state index contributed by atoms with van der Waals surface area (Å²) in [6.45, 7) is 2.93. The van der Waals surface area contributed by atoms with Gasteiger partial charge in [-0.2, -0.15) is 0 Å². The number of carbonyl (C=O) groups is 2. The number of hydrogen-bond donors (Lipinski definition) is 1. The smallest absolute Gasteiger partial charge is 0.295 e. The number of carbonyl (C=O) groups excluding carboxylic acids is 2. The topological polar surface area (TPSA) is 76.1 Å². The fraction of sp³-hybridized carbons (Fsp3) is 0.360. The first kappa shape index (κ1) is 21.0. The maximum atomic E-state index is 13.1. The van der Waals surface area contributed by atoms with E-state index in [4.69, 9.17) is 21.1 Å². The average molecular weight is 454 g/mol. The van der Waals surface area contributed by atoms with Gasteiger partial charge in [0.2, 0.25) is 0 Å². The van der Waals surface area contributed by atoms with Crippen LogP contribution in [0.3, 0.4) is 0 Å². The lowest BCUT2D eigenvalue weighted by Gasteiger charge is -2.27. The van der Waals surface area contributed by atoms with E-state index in [1.54, 1.807) is 36.4 Å². The quantitative estimate of drug-likeness (QED) is 0.425. The average Bonchev–Trinajstić information content (AvgIpc) is 3.48. The summed E-state index contributed by atoms with van der Waals surface area (Å²) in [6, 6.07) is 11.7. The van der Waals surface area contributed by atoms with E-state index in [0.717, 1.165) is 30.6 Å². The number of ether oxygens (including phenoxy) is 2. The molecule has 3 unspecified atom stereocenters. The predicted molar refractivity (Wildman–Crippen MR) is 120 cm³/mol. The number of rotatable bonds is 4. The summed E-state index contributed by atoms with van der Waals surface area (Å²) in [5.41, 5.74) is 2.27. The van der Waals surface area contributed by atoms with Gasteiger partial charge in [0.15, 0.2) is 0 Å². The second-order valence-electron chi connectivity index (χ2n) is 8.59. The van der Waals surface area contributed by atoms with E-state index in [2.05, 4.69) is 0 Å². The first-order valence-corrected chi connectivity index (χ1v) is 11.3. The molecule has 166 valence electrons. The van der Waals surface area contributed by atoms with Gasteiger partial charge in [-0.3, -0.25) is 9.59 Å². The van der Waals surface area contributed by atoms with Crippen molar-refractivity contribution >= 4 is 29.1 Å². The van der Waals surface area contributed by atoms with Crippen LogP contribution in [0.2, 0.25) is 5.02 Å². The molecule has 0 spiro atoms. The van der Waals surface area contributed by atoms with Crippen molar-refractivity contribution in [3.05, 3.63) is 69.8 Å². The molecule has 3 aliphatic rings. The summed E-state index contributed by atoms with van der Waals surface area (Å²) in [5.74, 6) is -0.715. The van der Waals surface area contributed by atoms with Gasteiger partial charge in [0.25, 0.3) is 11.7 Å². The minimum atomic E-state index is -0.708. The predicted octanol–water partition coefficient (Wildman–Crippen LogP) is 4.26. The second-order valence-corrected chi connectivity index (χ2v) is 9.03. The van der Waals surface area contributed by atoms with E-state index in [1.807, 2.05) is 13.0 Å². The minimum absolute atomic E-state index is 0.0634. The first-order valence-electron chi connectivity index (χ1n) is 10.9. The van der Waals surface area contributed by atoms with Crippen LogP contribution in [-0.4, -0.2) is 47.1 Å². The second kappa shape index (κ2) is 8.26. The number of fused-ring (bicyclic) bond motifs is 1. The third-order valence-electron chi connectivity index (χ3n) is 6.32. The maximum absolute atomic E-state index is 13.1. The van der Waals surface area contributed by atoms with E-state index >= 15 is 0 Å². The molecule has 3 aliphatic heterocycles. The number of aliphatic hydroxyl groups is 1. The molecule has 6 nitrogen and oxygen atoms in total. The van der Waals surface area contributed by atoms with Gasteiger partial charge in [-0.1, -0.05) is 23.7 Å². The molecule has 2 aromatic rings. The normalized spacial score (nSPS) is 26.4. The highest BCUT2D eigenvalue weighted by Crippen LogP contribution is 2.41. The van der Waals surface area contributed by atoms with Crippen LogP contribution in [0.5, 0.6) is 5.75 Å². The molecule has 0 saturated carbocycles. The zero-order valence-electron chi connectivity index (χ0n) is 17.7. The Labute approximate surface area is 191 Å². The molecule has 0 aliphatic carbocycles. The van der Waals surface area contributed by atoms with Gasteiger partial charge in [0.1, 0.15) is 17.6 Å². The Morgan fingerprint density at radius 3 is 2.69 bits per heavy atom. The molecule has 2 saturated heterocycles. The monoisotopic (exact) mass is 453 g/mol. The minimum Gasteiger partial charge on any atom is -0.507 e. The van der Waals surface area contributed by atoms with Gasteiger partial charge in [-0.25, -0.2) is 0 Å². The summed E-state index contributed by atoms with van der Waals surface area (Å²) < 4.78 is 11.5. The number of nitrogens with zero attached hydrogens (tertiary/aromatic N) is 1. The summed E-state index contributed by atoms with van der Waals surface area (Å²) >= 11 is 6.07. The number of ketones is 1. The van der Waals surface area contributed by atoms with Crippen molar-refractivity contribution in [1.82, 2.24) is 4.90 Å². The Hall–Kier alpha value is -2.83. The number of Topliss-reactive ketones (excluding diaryl/α,β-unsaturated/α-hetero) is 1. The van der Waals surface area contributed by atoms with Crippen molar-refractivity contribution in [2.45, 2.75) is 44.4 Å². The number of likely N-dealkylation sites (tertiary alicyclic amines) is 1. The largest absolute Gasteiger partial charge is 0.507 e. The third-order valence-corrected chi connectivity index (χ3v) is 6.57. The summed E-state index contributed by atoms with van der Waals surface area (Å²) in [5, 5.41) is 11.8. The van der Waals surface area contributed by atoms with Crippen LogP contribution >= 0.6 is 11.6 Å². The molecule has 5 rings (SSSR count). The Morgan fingerprint density at radius 1 is 1.19 bits per heavy atom. The molecule has 1 amide bonds. The number of aliphatic hydroxyl groups excluding tert-OH is 1. The van der Waals surface area contributed by atoms with E-state index in [-0.39, 0.29) is 23.5 Å². The highest BCUT2D eigenvalue weighted by Gasteiger charge is 2.47. The van der Waals surface area contributed by atoms with E-state index in [1.165, 1.54) is 4.90 Å². The van der Waals surface area contributed by atoms with Crippen LogP contribution in [0.15, 0.2) is 48.0 Å². The van der Waals surface area contributed by atoms with Crippen LogP contribution in [0, 0.1) is 0 Å². The van der Waals surface area contributed by atoms with Crippen molar-refractivity contribution in [1.29, 1.82) is 0 Å². The van der Waals surface area contributed by atoms with Crippen LogP contribution in [-0.2, 0) is 20.7 Å². The highest BCUT2D eigenvalue weighted by molar-refractivity contribution is 6.46. The molecule has 1 N–H and O–H groups in total. The molecule has 3 heterocycles. The van der Waals surface area contributed by atoms with Crippen LogP contribution < -0.4 is 4.74 Å². The Bertz CT molecular complexity index is 1100. The Balaban J connectivity index is 1.59. The number of hydrogen-bond acceptors (Lipinski definition) is 5. The van der Waals surface area contributed by atoms with E-state index in [0.29, 0.717) is 29.3 Å². The molecule has 2 fully saturated rings. The standard InChI is InChI=1S/C25H24ClNO5/c1-14-11-17-12-16(6-9-20(17)32-14)23(28)21-22(15-4-7-18(26)8-5-15)27(25(30)24(21)29)13-19-3-2-10-31-19/h4-9,12,14,19,22,28H,2-3,10-11,13H2,1H3/b23-21+. The van der Waals surface area contributed by atoms with Gasteiger partial charge in [-0.05, 0) is 61.2 Å². The third kappa shape index (κ3) is 3.67. The molecule has 0 bridgehead atoms. The molecular formula is C25H24ClNO5. The van der Waals surface area contributed by atoms with Crippen LogP contribution in [0.25, 0.3) is 5.76 Å². The fourth-order valence-electron chi connectivity index (χ4n) is 4.79. The van der Waals surface area contributed by atoms with Crippen LogP contribution in [0.1, 0.15) is 42.5 Å². The summed E-state index contributed by atoms with van der Waals surface area (Å²) in [4.78, 5) is 27.7. The molecule has 32 heavy (non-hydrogen) atoms. The lowest BCUT2D eigenvalue weighted by Crippen LogP contribution is -2.36. The molecular weight excluding hydrogens is 430 g/mol. The van der Waals surface area contributed by atoms with Crippen molar-refractivity contribution < 1.29 is 24.2 Å². The number of amides is 1. The van der Waals surface area contributed by atoms with E-state index in [9.17, 15) is 14.7 Å². The fourth-order valence-corrected chi connectivity index (χ4v) is 4.92. The summed E-state index contributed by atoms with van der Waals surface area (Å²) in [6.07, 6.45) is 2.43. The molecule has 0 radical (unpaired) electrons. The Kier molecular flexibility index (Phi) is 5.43. The maximum Gasteiger partial charge on any atom is 0.295 e. The van der Waals surface area contributed by atoms with Gasteiger partial charge >= 0.3 is 0 Å². The van der Waals surface area contributed by atoms with Crippen molar-refractivity contribution in [3.8, 4) is 5.75 Å². The van der Waals surface area contributed by atoms with Gasteiger partial charge in [0, 0.05) is 30.2 Å². The Morgan fingerprint density at radius 2 is 1.97 bits per heavy atom. The first-order chi connectivity index (χ1) is 15.4. The van der Waals surface area contributed by atoms with Gasteiger partial charge in [-0.15, -0.1) is 0 Å². The van der Waals surface area contributed by atoms with Crippen molar-refractivity contribution in [2.75, 3.05) is 13.2 Å². The molecule has 0 aromatic heterocycles. The van der Waals surface area contributed by atoms with Crippen molar-refractivity contribution in [3.63, 3.8) is 0 Å². The van der Waals surface area contributed by atoms with Crippen molar-refractivity contribution in [2.24, 2.45) is 0 Å². The zero-order valence-corrected chi connectivity index (χ0v) is 18.5.